The minimum atomic E-state index is -0.298. The molecule has 2 bridgehead atoms. The monoisotopic (exact) mass is 496 g/mol. The van der Waals surface area contributed by atoms with Gasteiger partial charge in [-0.25, -0.2) is 14.1 Å². The maximum atomic E-state index is 14.1. The molecule has 9 heteroatoms. The first-order chi connectivity index (χ1) is 17.1. The van der Waals surface area contributed by atoms with E-state index in [1.54, 1.807) is 13.2 Å². The number of methoxy groups -OCH3 is 1. The van der Waals surface area contributed by atoms with Crippen molar-refractivity contribution in [3.05, 3.63) is 58.5 Å². The molecule has 0 N–H and O–H groups in total. The van der Waals surface area contributed by atoms with Gasteiger partial charge < -0.3 is 9.64 Å². The Hall–Kier alpha value is -2.74. The molecule has 184 valence electrons. The van der Waals surface area contributed by atoms with Crippen LogP contribution >= 0.6 is 11.6 Å². The SMILES string of the molecule is COc1cc(N2C[C@H]3CC[C@@H](C2)C3Cc2nc3n(n2)CCCC[C@@H]3c2cc(F)cc(Cl)c2)cnn1. The van der Waals surface area contributed by atoms with Crippen LogP contribution in [0.5, 0.6) is 5.88 Å². The molecule has 6 rings (SSSR count). The van der Waals surface area contributed by atoms with Gasteiger partial charge in [-0.1, -0.05) is 18.0 Å². The molecule has 3 aromatic rings. The lowest BCUT2D eigenvalue weighted by Crippen LogP contribution is -2.42. The Balaban J connectivity index is 1.21. The highest BCUT2D eigenvalue weighted by molar-refractivity contribution is 6.30. The number of hydrogen-bond donors (Lipinski definition) is 0. The Morgan fingerprint density at radius 1 is 1.09 bits per heavy atom. The van der Waals surface area contributed by atoms with Gasteiger partial charge in [-0.3, -0.25) is 0 Å². The van der Waals surface area contributed by atoms with Gasteiger partial charge in [-0.15, -0.1) is 5.10 Å². The molecule has 0 spiro atoms. The van der Waals surface area contributed by atoms with Crippen molar-refractivity contribution in [3.8, 4) is 5.88 Å². The number of fused-ring (bicyclic) bond motifs is 3. The van der Waals surface area contributed by atoms with Crippen molar-refractivity contribution in [3.63, 3.8) is 0 Å². The fourth-order valence-corrected chi connectivity index (χ4v) is 6.67. The Morgan fingerprint density at radius 3 is 2.69 bits per heavy atom. The first kappa shape index (κ1) is 22.7. The van der Waals surface area contributed by atoms with Gasteiger partial charge in [0.05, 0.1) is 19.0 Å². The van der Waals surface area contributed by atoms with Crippen LogP contribution in [-0.4, -0.2) is 45.2 Å². The van der Waals surface area contributed by atoms with Gasteiger partial charge in [0.25, 0.3) is 0 Å². The van der Waals surface area contributed by atoms with Crippen LogP contribution in [0, 0.1) is 23.6 Å². The minimum Gasteiger partial charge on any atom is -0.480 e. The summed E-state index contributed by atoms with van der Waals surface area (Å²) in [5.74, 6) is 3.96. The predicted octanol–water partition coefficient (Wildman–Crippen LogP) is 4.89. The molecule has 0 radical (unpaired) electrons. The number of aryl methyl sites for hydroxylation is 1. The normalized spacial score (nSPS) is 25.9. The highest BCUT2D eigenvalue weighted by Gasteiger charge is 2.43. The highest BCUT2D eigenvalue weighted by atomic mass is 35.5. The molecule has 4 atom stereocenters. The van der Waals surface area contributed by atoms with Crippen molar-refractivity contribution >= 4 is 17.3 Å². The molecule has 1 saturated carbocycles. The van der Waals surface area contributed by atoms with Gasteiger partial charge >= 0.3 is 0 Å². The Bertz CT molecular complexity index is 1180. The number of nitrogens with zero attached hydrogens (tertiary/aromatic N) is 6. The van der Waals surface area contributed by atoms with Crippen LogP contribution in [-0.2, 0) is 13.0 Å². The minimum absolute atomic E-state index is 0.0275. The third-order valence-electron chi connectivity index (χ3n) is 8.10. The first-order valence-corrected chi connectivity index (χ1v) is 13.0. The van der Waals surface area contributed by atoms with Gasteiger partial charge in [0, 0.05) is 43.1 Å². The standard InChI is InChI=1S/C26H30ClFN6O/c1-35-25-11-21(13-29-31-25)33-14-16-5-6-17(15-33)23(16)12-24-30-26-22(4-2-3-7-34(26)32-24)18-8-19(27)10-20(28)9-18/h8-11,13,16-17,22-23H,2-7,12,14-15H2,1H3/t16-,17+,22-,23?/m1/s1. The number of piperidine rings is 1. The number of benzene rings is 1. The molecule has 0 amide bonds. The summed E-state index contributed by atoms with van der Waals surface area (Å²) >= 11 is 6.18. The summed E-state index contributed by atoms with van der Waals surface area (Å²) in [5, 5.41) is 13.5. The van der Waals surface area contributed by atoms with Crippen molar-refractivity contribution in [1.82, 2.24) is 25.0 Å². The molecule has 1 unspecified atom stereocenters. The average Bonchev–Trinajstić information content (AvgIpc) is 3.25. The molecule has 35 heavy (non-hydrogen) atoms. The van der Waals surface area contributed by atoms with E-state index in [1.165, 1.54) is 18.9 Å². The lowest BCUT2D eigenvalue weighted by atomic mass is 9.82. The summed E-state index contributed by atoms with van der Waals surface area (Å²) in [6, 6.07) is 6.80. The average molecular weight is 497 g/mol. The summed E-state index contributed by atoms with van der Waals surface area (Å²) in [6.07, 6.45) is 8.26. The quantitative estimate of drug-likeness (QED) is 0.501. The van der Waals surface area contributed by atoms with Gasteiger partial charge in [0.1, 0.15) is 11.6 Å². The molecule has 2 fully saturated rings. The highest BCUT2D eigenvalue weighted by Crippen LogP contribution is 2.45. The summed E-state index contributed by atoms with van der Waals surface area (Å²) < 4.78 is 21.5. The Labute approximate surface area is 209 Å². The molecule has 1 aliphatic carbocycles. The van der Waals surface area contributed by atoms with E-state index in [0.717, 1.165) is 68.2 Å². The largest absolute Gasteiger partial charge is 0.480 e. The van der Waals surface area contributed by atoms with Crippen molar-refractivity contribution < 1.29 is 9.13 Å². The van der Waals surface area contributed by atoms with Crippen LogP contribution in [0.25, 0.3) is 0 Å². The van der Waals surface area contributed by atoms with E-state index in [-0.39, 0.29) is 11.7 Å². The second kappa shape index (κ2) is 9.37. The molecule has 3 aliphatic rings. The fraction of sp³-hybridized carbons (Fsp3) is 0.538. The fourth-order valence-electron chi connectivity index (χ4n) is 6.44. The third kappa shape index (κ3) is 4.48. The summed E-state index contributed by atoms with van der Waals surface area (Å²) in [4.78, 5) is 7.48. The summed E-state index contributed by atoms with van der Waals surface area (Å²) in [5.41, 5.74) is 1.97. The van der Waals surface area contributed by atoms with E-state index < -0.39 is 0 Å². The van der Waals surface area contributed by atoms with Crippen molar-refractivity contribution in [2.45, 2.75) is 51.0 Å². The van der Waals surface area contributed by atoms with Crippen molar-refractivity contribution in [2.75, 3.05) is 25.1 Å². The molecular weight excluding hydrogens is 467 g/mol. The van der Waals surface area contributed by atoms with E-state index >= 15 is 0 Å². The number of rotatable bonds is 5. The van der Waals surface area contributed by atoms with E-state index in [9.17, 15) is 4.39 Å². The Morgan fingerprint density at radius 2 is 1.91 bits per heavy atom. The van der Waals surface area contributed by atoms with E-state index in [1.807, 2.05) is 18.3 Å². The summed E-state index contributed by atoms with van der Waals surface area (Å²) in [6.45, 7) is 2.88. The molecular formula is C26H30ClFN6O. The van der Waals surface area contributed by atoms with E-state index in [4.69, 9.17) is 26.4 Å². The maximum absolute atomic E-state index is 14.1. The summed E-state index contributed by atoms with van der Waals surface area (Å²) in [7, 11) is 1.62. The number of aromatic nitrogens is 5. The third-order valence-corrected chi connectivity index (χ3v) is 8.31. The lowest BCUT2D eigenvalue weighted by molar-refractivity contribution is 0.265. The molecule has 4 heterocycles. The number of ether oxygens (including phenoxy) is 1. The number of hydrogen-bond acceptors (Lipinski definition) is 6. The van der Waals surface area contributed by atoms with Crippen LogP contribution in [0.3, 0.4) is 0 Å². The van der Waals surface area contributed by atoms with Crippen molar-refractivity contribution in [2.24, 2.45) is 17.8 Å². The van der Waals surface area contributed by atoms with Crippen LogP contribution in [0.15, 0.2) is 30.5 Å². The number of anilines is 1. The van der Waals surface area contributed by atoms with Gasteiger partial charge in [-0.05, 0) is 67.2 Å². The zero-order valence-electron chi connectivity index (χ0n) is 19.9. The van der Waals surface area contributed by atoms with Gasteiger partial charge in [0.2, 0.25) is 5.88 Å². The molecule has 1 aromatic carbocycles. The molecule has 1 saturated heterocycles. The maximum Gasteiger partial charge on any atom is 0.235 e. The van der Waals surface area contributed by atoms with Crippen LogP contribution in [0.1, 0.15) is 55.2 Å². The molecule has 2 aromatic heterocycles. The van der Waals surface area contributed by atoms with Crippen LogP contribution in [0.4, 0.5) is 10.1 Å². The molecule has 7 nitrogen and oxygen atoms in total. The van der Waals surface area contributed by atoms with E-state index in [0.29, 0.717) is 28.7 Å². The Kier molecular flexibility index (Phi) is 6.08. The van der Waals surface area contributed by atoms with Crippen LogP contribution < -0.4 is 9.64 Å². The van der Waals surface area contributed by atoms with Gasteiger partial charge in [0.15, 0.2) is 5.82 Å². The smallest absolute Gasteiger partial charge is 0.235 e. The second-order valence-electron chi connectivity index (χ2n) is 10.2. The zero-order chi connectivity index (χ0) is 23.9. The number of halogens is 2. The molecule has 2 aliphatic heterocycles. The first-order valence-electron chi connectivity index (χ1n) is 12.6. The second-order valence-corrected chi connectivity index (χ2v) is 10.6. The zero-order valence-corrected chi connectivity index (χ0v) is 20.7. The predicted molar refractivity (Wildman–Crippen MR) is 131 cm³/mol. The van der Waals surface area contributed by atoms with Gasteiger partial charge in [-0.2, -0.15) is 10.2 Å². The topological polar surface area (TPSA) is 69.0 Å². The van der Waals surface area contributed by atoms with Crippen molar-refractivity contribution in [1.29, 1.82) is 0 Å². The van der Waals surface area contributed by atoms with Crippen LogP contribution in [0.2, 0.25) is 5.02 Å². The lowest BCUT2D eigenvalue weighted by Gasteiger charge is -2.38. The van der Waals surface area contributed by atoms with E-state index in [2.05, 4.69) is 19.8 Å².